The van der Waals surface area contributed by atoms with Crippen LogP contribution in [0.3, 0.4) is 0 Å². The molecule has 1 aromatic rings. The van der Waals surface area contributed by atoms with Gasteiger partial charge in [0.1, 0.15) is 0 Å². The van der Waals surface area contributed by atoms with Gasteiger partial charge in [0, 0.05) is 11.8 Å². The minimum Gasteiger partial charge on any atom is -0.344 e. The van der Waals surface area contributed by atoms with Gasteiger partial charge in [0.05, 0.1) is 22.5 Å². The van der Waals surface area contributed by atoms with E-state index in [4.69, 9.17) is 23.2 Å². The fourth-order valence-corrected chi connectivity index (χ4v) is 2.46. The van der Waals surface area contributed by atoms with Crippen molar-refractivity contribution in [2.75, 3.05) is 11.8 Å². The van der Waals surface area contributed by atoms with Gasteiger partial charge in [-0.15, -0.1) is 23.2 Å². The molecule has 1 rings (SSSR count). The van der Waals surface area contributed by atoms with Crippen LogP contribution in [0.2, 0.25) is 0 Å². The molecule has 1 heterocycles. The van der Waals surface area contributed by atoms with Gasteiger partial charge in [0.25, 0.3) is 5.91 Å². The number of halogens is 2. The summed E-state index contributed by atoms with van der Waals surface area (Å²) in [4.78, 5) is 12.4. The van der Waals surface area contributed by atoms with Gasteiger partial charge in [0.15, 0.2) is 0 Å². The molecule has 6 heteroatoms. The van der Waals surface area contributed by atoms with Crippen molar-refractivity contribution >= 4 is 29.1 Å². The van der Waals surface area contributed by atoms with Gasteiger partial charge in [-0.2, -0.15) is 10.2 Å². The minimum absolute atomic E-state index is 0.196. The second-order valence-electron chi connectivity index (χ2n) is 4.55. The Morgan fingerprint density at radius 1 is 1.32 bits per heavy atom. The molecule has 19 heavy (non-hydrogen) atoms. The summed E-state index contributed by atoms with van der Waals surface area (Å²) >= 11 is 11.9. The molecular weight excluding hydrogens is 285 g/mol. The van der Waals surface area contributed by atoms with Crippen LogP contribution in [-0.2, 0) is 6.42 Å². The van der Waals surface area contributed by atoms with Crippen LogP contribution in [0, 0.1) is 6.92 Å². The summed E-state index contributed by atoms with van der Waals surface area (Å²) in [6.07, 6.45) is 1.32. The average molecular weight is 304 g/mol. The van der Waals surface area contributed by atoms with Crippen molar-refractivity contribution in [2.45, 2.75) is 39.2 Å². The van der Waals surface area contributed by atoms with Crippen LogP contribution in [0.25, 0.3) is 0 Å². The lowest BCUT2D eigenvalue weighted by atomic mass is 10.00. The van der Waals surface area contributed by atoms with Gasteiger partial charge in [-0.05, 0) is 25.8 Å². The van der Waals surface area contributed by atoms with Crippen LogP contribution in [-0.4, -0.2) is 33.4 Å². The average Bonchev–Trinajstić information content (AvgIpc) is 2.44. The molecular formula is C13H19Cl2N3O. The van der Waals surface area contributed by atoms with Crippen molar-refractivity contribution in [3.05, 3.63) is 23.0 Å². The van der Waals surface area contributed by atoms with Crippen molar-refractivity contribution in [3.8, 4) is 0 Å². The topological polar surface area (TPSA) is 54.9 Å². The number of nitrogens with zero attached hydrogens (tertiary/aromatic N) is 2. The highest BCUT2D eigenvalue weighted by atomic mass is 35.5. The third-order valence-electron chi connectivity index (χ3n) is 3.14. The number of hydrogen-bond acceptors (Lipinski definition) is 3. The third kappa shape index (κ3) is 3.80. The SMILES string of the molecule is CCc1nnc(C)cc1C(=O)NC(CC)(CCl)CCl. The summed E-state index contributed by atoms with van der Waals surface area (Å²) in [7, 11) is 0. The van der Waals surface area contributed by atoms with Gasteiger partial charge in [-0.1, -0.05) is 13.8 Å². The lowest BCUT2D eigenvalue weighted by Crippen LogP contribution is -2.51. The maximum Gasteiger partial charge on any atom is 0.253 e. The Labute approximate surface area is 123 Å². The fourth-order valence-electron chi connectivity index (χ4n) is 1.66. The molecule has 0 unspecified atom stereocenters. The number of alkyl halides is 2. The van der Waals surface area contributed by atoms with Crippen LogP contribution in [0.5, 0.6) is 0 Å². The van der Waals surface area contributed by atoms with Crippen molar-refractivity contribution in [1.82, 2.24) is 15.5 Å². The highest BCUT2D eigenvalue weighted by Gasteiger charge is 2.29. The van der Waals surface area contributed by atoms with Gasteiger partial charge in [-0.25, -0.2) is 0 Å². The smallest absolute Gasteiger partial charge is 0.253 e. The first-order chi connectivity index (χ1) is 9.01. The predicted octanol–water partition coefficient (Wildman–Crippen LogP) is 2.70. The Morgan fingerprint density at radius 3 is 2.42 bits per heavy atom. The summed E-state index contributed by atoms with van der Waals surface area (Å²) in [5, 5.41) is 10.9. The second-order valence-corrected chi connectivity index (χ2v) is 5.09. The standard InChI is InChI=1S/C13H19Cl2N3O/c1-4-11-10(6-9(3)17-18-11)12(19)16-13(5-2,7-14)8-15/h6H,4-5,7-8H2,1-3H3,(H,16,19). The lowest BCUT2D eigenvalue weighted by molar-refractivity contribution is 0.0911. The van der Waals surface area contributed by atoms with E-state index in [-0.39, 0.29) is 17.7 Å². The van der Waals surface area contributed by atoms with Crippen LogP contribution in [0.4, 0.5) is 0 Å². The van der Waals surface area contributed by atoms with Gasteiger partial charge in [0.2, 0.25) is 0 Å². The number of aryl methyl sites for hydroxylation is 2. The molecule has 0 aliphatic rings. The Morgan fingerprint density at radius 2 is 1.95 bits per heavy atom. The van der Waals surface area contributed by atoms with E-state index in [0.717, 1.165) is 0 Å². The fraction of sp³-hybridized carbons (Fsp3) is 0.615. The van der Waals surface area contributed by atoms with Crippen LogP contribution in [0.15, 0.2) is 6.07 Å². The Balaban J connectivity index is 3.03. The first-order valence-corrected chi connectivity index (χ1v) is 7.36. The molecule has 4 nitrogen and oxygen atoms in total. The van der Waals surface area contributed by atoms with E-state index in [9.17, 15) is 4.79 Å². The summed E-state index contributed by atoms with van der Waals surface area (Å²) < 4.78 is 0. The van der Waals surface area contributed by atoms with Crippen molar-refractivity contribution in [1.29, 1.82) is 0 Å². The largest absolute Gasteiger partial charge is 0.344 e. The third-order valence-corrected chi connectivity index (χ3v) is 4.16. The molecule has 0 saturated carbocycles. The lowest BCUT2D eigenvalue weighted by Gasteiger charge is -2.29. The highest BCUT2D eigenvalue weighted by Crippen LogP contribution is 2.17. The van der Waals surface area contributed by atoms with E-state index in [1.165, 1.54) is 0 Å². The summed E-state index contributed by atoms with van der Waals surface area (Å²) in [6.45, 7) is 5.69. The normalized spacial score (nSPS) is 11.4. The monoisotopic (exact) mass is 303 g/mol. The molecule has 0 aliphatic heterocycles. The zero-order chi connectivity index (χ0) is 14.5. The quantitative estimate of drug-likeness (QED) is 0.822. The Bertz CT molecular complexity index is 439. The molecule has 1 aromatic heterocycles. The predicted molar refractivity (Wildman–Crippen MR) is 78.1 cm³/mol. The molecule has 1 amide bonds. The minimum atomic E-state index is -0.581. The number of rotatable bonds is 6. The van der Waals surface area contributed by atoms with Crippen LogP contribution >= 0.6 is 23.2 Å². The van der Waals surface area contributed by atoms with Crippen molar-refractivity contribution < 1.29 is 4.79 Å². The maximum absolute atomic E-state index is 12.4. The number of carbonyl (C=O) groups excluding carboxylic acids is 1. The van der Waals surface area contributed by atoms with Crippen LogP contribution < -0.4 is 5.32 Å². The zero-order valence-electron chi connectivity index (χ0n) is 11.5. The summed E-state index contributed by atoms with van der Waals surface area (Å²) in [5.41, 5.74) is 1.35. The molecule has 106 valence electrons. The Kier molecular flexibility index (Phi) is 6.01. The molecule has 0 bridgehead atoms. The molecule has 0 fully saturated rings. The molecule has 0 aromatic carbocycles. The summed E-state index contributed by atoms with van der Waals surface area (Å²) in [5.74, 6) is 0.355. The number of nitrogens with one attached hydrogen (secondary N) is 1. The van der Waals surface area contributed by atoms with Gasteiger partial charge < -0.3 is 5.32 Å². The molecule has 0 atom stereocenters. The first kappa shape index (κ1) is 16.2. The van der Waals surface area contributed by atoms with Crippen LogP contribution in [0.1, 0.15) is 42.0 Å². The van der Waals surface area contributed by atoms with E-state index in [0.29, 0.717) is 29.8 Å². The molecule has 0 radical (unpaired) electrons. The molecule has 1 N–H and O–H groups in total. The molecule has 0 aliphatic carbocycles. The number of hydrogen-bond donors (Lipinski definition) is 1. The Hall–Kier alpha value is -0.870. The highest BCUT2D eigenvalue weighted by molar-refractivity contribution is 6.22. The van der Waals surface area contributed by atoms with E-state index in [1.807, 2.05) is 13.8 Å². The van der Waals surface area contributed by atoms with E-state index >= 15 is 0 Å². The van der Waals surface area contributed by atoms with E-state index < -0.39 is 5.54 Å². The zero-order valence-corrected chi connectivity index (χ0v) is 13.0. The second kappa shape index (κ2) is 7.06. The van der Waals surface area contributed by atoms with Gasteiger partial charge in [-0.3, -0.25) is 4.79 Å². The maximum atomic E-state index is 12.4. The van der Waals surface area contributed by atoms with Crippen molar-refractivity contribution in [2.24, 2.45) is 0 Å². The molecule has 0 saturated heterocycles. The van der Waals surface area contributed by atoms with Crippen molar-refractivity contribution in [3.63, 3.8) is 0 Å². The number of aromatic nitrogens is 2. The van der Waals surface area contributed by atoms with E-state index in [2.05, 4.69) is 15.5 Å². The van der Waals surface area contributed by atoms with E-state index in [1.54, 1.807) is 13.0 Å². The number of carbonyl (C=O) groups is 1. The molecule has 0 spiro atoms. The van der Waals surface area contributed by atoms with Gasteiger partial charge >= 0.3 is 0 Å². The first-order valence-electron chi connectivity index (χ1n) is 6.29. The number of amides is 1. The summed E-state index contributed by atoms with van der Waals surface area (Å²) in [6, 6.07) is 1.74.